The Hall–Kier alpha value is -1.29. The minimum atomic E-state index is -0.556. The molecule has 0 fully saturated rings. The van der Waals surface area contributed by atoms with Crippen molar-refractivity contribution in [1.29, 1.82) is 0 Å². The molecule has 0 spiro atoms. The van der Waals surface area contributed by atoms with E-state index in [-0.39, 0.29) is 11.5 Å². The molecule has 0 radical (unpaired) electrons. The largest absolute Gasteiger partial charge is 0.504 e. The van der Waals surface area contributed by atoms with Crippen LogP contribution in [0.2, 0.25) is 0 Å². The number of ether oxygens (including phenoxy) is 1. The first-order chi connectivity index (χ1) is 6.61. The van der Waals surface area contributed by atoms with Crippen LogP contribution in [0.5, 0.6) is 11.5 Å². The van der Waals surface area contributed by atoms with Gasteiger partial charge in [0, 0.05) is 0 Å². The normalized spacial score (nSPS) is 10.3. The smallest absolute Gasteiger partial charge is 0.196 e. The molecule has 3 N–H and O–H groups in total. The van der Waals surface area contributed by atoms with Gasteiger partial charge >= 0.3 is 0 Å². The minimum Gasteiger partial charge on any atom is -0.504 e. The number of nitrogens with two attached hydrogens (primary N) is 1. The zero-order valence-corrected chi connectivity index (χ0v) is 8.30. The fourth-order valence-corrected chi connectivity index (χ4v) is 1.37. The molecule has 0 unspecified atom stereocenters. The highest BCUT2D eigenvalue weighted by atomic mass is 19.1. The summed E-state index contributed by atoms with van der Waals surface area (Å²) in [6.07, 6.45) is 0.542. The number of methoxy groups -OCH3 is 1. The van der Waals surface area contributed by atoms with Crippen molar-refractivity contribution in [2.24, 2.45) is 5.73 Å². The van der Waals surface area contributed by atoms with Gasteiger partial charge in [0.15, 0.2) is 17.3 Å². The molecule has 0 saturated heterocycles. The Balaban J connectivity index is 3.25. The third kappa shape index (κ3) is 1.80. The first-order valence-electron chi connectivity index (χ1n) is 4.36. The number of hydrogen-bond donors (Lipinski definition) is 2. The first kappa shape index (κ1) is 10.8. The Morgan fingerprint density at radius 1 is 1.57 bits per heavy atom. The van der Waals surface area contributed by atoms with E-state index in [2.05, 4.69) is 0 Å². The number of rotatable bonds is 3. The summed E-state index contributed by atoms with van der Waals surface area (Å²) >= 11 is 0. The van der Waals surface area contributed by atoms with Crippen LogP contribution < -0.4 is 10.5 Å². The molecule has 1 aromatic carbocycles. The average Bonchev–Trinajstić information content (AvgIpc) is 2.15. The van der Waals surface area contributed by atoms with Crippen LogP contribution in [0.25, 0.3) is 0 Å². The highest BCUT2D eigenvalue weighted by molar-refractivity contribution is 5.50. The van der Waals surface area contributed by atoms with Crippen LogP contribution in [-0.2, 0) is 6.42 Å². The summed E-state index contributed by atoms with van der Waals surface area (Å²) in [6.45, 7) is 2.13. The van der Waals surface area contributed by atoms with Crippen molar-refractivity contribution in [3.63, 3.8) is 0 Å². The van der Waals surface area contributed by atoms with Crippen molar-refractivity contribution in [3.05, 3.63) is 23.0 Å². The standard InChI is InChI=1S/C10H14FNO2/c1-6-7(3-4-12)5-8(11)10(14-2)9(6)13/h5,13H,3-4,12H2,1-2H3. The lowest BCUT2D eigenvalue weighted by Crippen LogP contribution is -2.05. The zero-order chi connectivity index (χ0) is 10.7. The number of phenolic OH excluding ortho intramolecular Hbond substituents is 1. The Kier molecular flexibility index (Phi) is 3.30. The number of halogens is 1. The van der Waals surface area contributed by atoms with Gasteiger partial charge in [-0.1, -0.05) is 0 Å². The van der Waals surface area contributed by atoms with Gasteiger partial charge in [-0.25, -0.2) is 4.39 Å². The van der Waals surface area contributed by atoms with E-state index >= 15 is 0 Å². The van der Waals surface area contributed by atoms with E-state index in [4.69, 9.17) is 10.5 Å². The van der Waals surface area contributed by atoms with Crippen LogP contribution >= 0.6 is 0 Å². The second-order valence-electron chi connectivity index (χ2n) is 3.06. The van der Waals surface area contributed by atoms with Crippen LogP contribution in [0.4, 0.5) is 4.39 Å². The van der Waals surface area contributed by atoms with Crippen LogP contribution in [0.1, 0.15) is 11.1 Å². The monoisotopic (exact) mass is 199 g/mol. The number of benzene rings is 1. The Morgan fingerprint density at radius 2 is 2.21 bits per heavy atom. The van der Waals surface area contributed by atoms with Gasteiger partial charge in [-0.15, -0.1) is 0 Å². The molecule has 0 aromatic heterocycles. The average molecular weight is 199 g/mol. The summed E-state index contributed by atoms with van der Waals surface area (Å²) < 4.78 is 18.0. The topological polar surface area (TPSA) is 55.5 Å². The van der Waals surface area contributed by atoms with Crippen molar-refractivity contribution >= 4 is 0 Å². The highest BCUT2D eigenvalue weighted by Gasteiger charge is 2.14. The van der Waals surface area contributed by atoms with E-state index in [1.54, 1.807) is 6.92 Å². The van der Waals surface area contributed by atoms with Gasteiger partial charge in [-0.05, 0) is 37.1 Å². The molecule has 0 atom stereocenters. The molecular weight excluding hydrogens is 185 g/mol. The molecule has 3 nitrogen and oxygen atoms in total. The van der Waals surface area contributed by atoms with E-state index in [9.17, 15) is 9.50 Å². The third-order valence-electron chi connectivity index (χ3n) is 2.19. The highest BCUT2D eigenvalue weighted by Crippen LogP contribution is 2.34. The van der Waals surface area contributed by atoms with E-state index in [0.29, 0.717) is 24.1 Å². The minimum absolute atomic E-state index is 0.108. The van der Waals surface area contributed by atoms with Gasteiger partial charge in [0.05, 0.1) is 7.11 Å². The van der Waals surface area contributed by atoms with E-state index in [0.717, 1.165) is 0 Å². The Labute approximate surface area is 82.3 Å². The molecule has 14 heavy (non-hydrogen) atoms. The third-order valence-corrected chi connectivity index (χ3v) is 2.19. The maximum absolute atomic E-state index is 13.3. The van der Waals surface area contributed by atoms with Gasteiger partial charge in [-0.3, -0.25) is 0 Å². The predicted molar refractivity (Wildman–Crippen MR) is 52.1 cm³/mol. The number of hydrogen-bond acceptors (Lipinski definition) is 3. The molecule has 0 bridgehead atoms. The summed E-state index contributed by atoms with van der Waals surface area (Å²) in [5, 5.41) is 9.58. The summed E-state index contributed by atoms with van der Waals surface area (Å²) in [5.74, 6) is -0.807. The molecule has 0 amide bonds. The van der Waals surface area contributed by atoms with Crippen LogP contribution in [0, 0.1) is 12.7 Å². The maximum Gasteiger partial charge on any atom is 0.196 e. The van der Waals surface area contributed by atoms with Gasteiger partial charge in [0.2, 0.25) is 0 Å². The van der Waals surface area contributed by atoms with Crippen LogP contribution in [0.15, 0.2) is 6.07 Å². The Morgan fingerprint density at radius 3 is 2.71 bits per heavy atom. The van der Waals surface area contributed by atoms with E-state index < -0.39 is 5.82 Å². The second-order valence-corrected chi connectivity index (χ2v) is 3.06. The molecule has 78 valence electrons. The lowest BCUT2D eigenvalue weighted by atomic mass is 10.0. The van der Waals surface area contributed by atoms with Crippen LogP contribution in [0.3, 0.4) is 0 Å². The van der Waals surface area contributed by atoms with Crippen molar-refractivity contribution in [1.82, 2.24) is 0 Å². The Bertz CT molecular complexity index is 339. The number of aromatic hydroxyl groups is 1. The number of phenols is 1. The van der Waals surface area contributed by atoms with Gasteiger partial charge < -0.3 is 15.6 Å². The molecule has 0 aliphatic carbocycles. The predicted octanol–water partition coefficient (Wildman–Crippen LogP) is 1.35. The molecule has 0 heterocycles. The molecule has 1 aromatic rings. The van der Waals surface area contributed by atoms with Crippen LogP contribution in [-0.4, -0.2) is 18.8 Å². The SMILES string of the molecule is COc1c(F)cc(CCN)c(C)c1O. The molecule has 0 saturated carbocycles. The summed E-state index contributed by atoms with van der Waals surface area (Å²) in [7, 11) is 1.32. The molecule has 1 rings (SSSR count). The van der Waals surface area contributed by atoms with Crippen molar-refractivity contribution < 1.29 is 14.2 Å². The summed E-state index contributed by atoms with van der Waals surface area (Å²) in [5.41, 5.74) is 6.70. The second kappa shape index (κ2) is 4.28. The molecular formula is C10H14FNO2. The van der Waals surface area contributed by atoms with Crippen molar-refractivity contribution in [2.45, 2.75) is 13.3 Å². The summed E-state index contributed by atoms with van der Waals surface area (Å²) in [6, 6.07) is 1.35. The quantitative estimate of drug-likeness (QED) is 0.772. The van der Waals surface area contributed by atoms with E-state index in [1.807, 2.05) is 0 Å². The lowest BCUT2D eigenvalue weighted by Gasteiger charge is -2.11. The van der Waals surface area contributed by atoms with Crippen molar-refractivity contribution in [2.75, 3.05) is 13.7 Å². The van der Waals surface area contributed by atoms with Gasteiger partial charge in [0.1, 0.15) is 0 Å². The zero-order valence-electron chi connectivity index (χ0n) is 8.30. The van der Waals surface area contributed by atoms with Gasteiger partial charge in [-0.2, -0.15) is 0 Å². The summed E-state index contributed by atoms with van der Waals surface area (Å²) in [4.78, 5) is 0. The maximum atomic E-state index is 13.3. The van der Waals surface area contributed by atoms with Crippen molar-refractivity contribution in [3.8, 4) is 11.5 Å². The fourth-order valence-electron chi connectivity index (χ4n) is 1.37. The van der Waals surface area contributed by atoms with E-state index in [1.165, 1.54) is 13.2 Å². The fraction of sp³-hybridized carbons (Fsp3) is 0.400. The first-order valence-corrected chi connectivity index (χ1v) is 4.36. The van der Waals surface area contributed by atoms with Gasteiger partial charge in [0.25, 0.3) is 0 Å². The molecule has 0 aliphatic heterocycles. The lowest BCUT2D eigenvalue weighted by molar-refractivity contribution is 0.349. The molecule has 4 heteroatoms. The molecule has 0 aliphatic rings.